The molecule has 2 rings (SSSR count). The number of hydrogen-bond acceptors (Lipinski definition) is 3. The number of halogens is 2. The number of carbonyl (C=O) groups excluding carboxylic acids is 1. The number of urea groups is 1. The molecule has 114 valence electrons. The number of carboxylic acid groups (broad SMARTS) is 1. The van der Waals surface area contributed by atoms with Crippen molar-refractivity contribution in [3.63, 3.8) is 0 Å². The van der Waals surface area contributed by atoms with E-state index in [1.807, 2.05) is 0 Å². The first-order valence-electron chi connectivity index (χ1n) is 6.23. The largest absolute Gasteiger partial charge is 0.480 e. The van der Waals surface area contributed by atoms with Crippen LogP contribution in [0.5, 0.6) is 0 Å². The van der Waals surface area contributed by atoms with Crippen LogP contribution >= 0.6 is 0 Å². The molecule has 2 atom stereocenters. The van der Waals surface area contributed by atoms with E-state index in [-0.39, 0.29) is 24.2 Å². The zero-order valence-electron chi connectivity index (χ0n) is 11.1. The monoisotopic (exact) mass is 300 g/mol. The van der Waals surface area contributed by atoms with Gasteiger partial charge in [-0.1, -0.05) is 0 Å². The van der Waals surface area contributed by atoms with Gasteiger partial charge in [0.15, 0.2) is 0 Å². The van der Waals surface area contributed by atoms with E-state index in [4.69, 9.17) is 5.11 Å². The third kappa shape index (κ3) is 3.10. The lowest BCUT2D eigenvalue weighted by Crippen LogP contribution is -2.43. The van der Waals surface area contributed by atoms with Gasteiger partial charge in [0.2, 0.25) is 0 Å². The van der Waals surface area contributed by atoms with Gasteiger partial charge in [0, 0.05) is 19.0 Å². The first-order valence-corrected chi connectivity index (χ1v) is 6.23. The average molecular weight is 300 g/mol. The van der Waals surface area contributed by atoms with Crippen LogP contribution in [0.4, 0.5) is 19.3 Å². The molecule has 1 fully saturated rings. The third-order valence-corrected chi connectivity index (χ3v) is 3.31. The second-order valence-electron chi connectivity index (χ2n) is 4.91. The molecule has 0 saturated carbocycles. The number of carbonyl (C=O) groups is 2. The van der Waals surface area contributed by atoms with Crippen LogP contribution in [0, 0.1) is 18.6 Å². The zero-order chi connectivity index (χ0) is 15.7. The lowest BCUT2D eigenvalue weighted by molar-refractivity contribution is -0.141. The van der Waals surface area contributed by atoms with Gasteiger partial charge >= 0.3 is 12.0 Å². The van der Waals surface area contributed by atoms with Gasteiger partial charge < -0.3 is 20.4 Å². The summed E-state index contributed by atoms with van der Waals surface area (Å²) in [6, 6.07) is -0.344. The molecule has 0 unspecified atom stereocenters. The van der Waals surface area contributed by atoms with Crippen LogP contribution < -0.4 is 5.32 Å². The molecule has 1 aliphatic heterocycles. The van der Waals surface area contributed by atoms with Crippen molar-refractivity contribution in [2.45, 2.75) is 25.5 Å². The predicted octanol–water partition coefficient (Wildman–Crippen LogP) is 1.32. The van der Waals surface area contributed by atoms with Gasteiger partial charge in [0.25, 0.3) is 0 Å². The van der Waals surface area contributed by atoms with Gasteiger partial charge in [-0.15, -0.1) is 0 Å². The lowest BCUT2D eigenvalue weighted by atomic mass is 10.2. The normalized spacial score (nSPS) is 21.4. The number of aliphatic carboxylic acids is 1. The lowest BCUT2D eigenvalue weighted by Gasteiger charge is -2.21. The molecule has 1 saturated heterocycles. The number of aliphatic hydroxyl groups excluding tert-OH is 1. The van der Waals surface area contributed by atoms with E-state index >= 15 is 0 Å². The maximum atomic E-state index is 13.6. The molecule has 0 aliphatic carbocycles. The molecule has 0 radical (unpaired) electrons. The van der Waals surface area contributed by atoms with Crippen molar-refractivity contribution in [2.75, 3.05) is 11.9 Å². The summed E-state index contributed by atoms with van der Waals surface area (Å²) in [4.78, 5) is 23.9. The Kier molecular flexibility index (Phi) is 4.08. The molecule has 0 aromatic heterocycles. The summed E-state index contributed by atoms with van der Waals surface area (Å²) in [5.41, 5.74) is -0.292. The number of aliphatic hydroxyl groups is 1. The number of anilines is 1. The molecule has 1 aromatic carbocycles. The average Bonchev–Trinajstić information content (AvgIpc) is 2.78. The van der Waals surface area contributed by atoms with Crippen LogP contribution in [0.15, 0.2) is 12.1 Å². The third-order valence-electron chi connectivity index (χ3n) is 3.31. The van der Waals surface area contributed by atoms with Gasteiger partial charge in [0.05, 0.1) is 11.8 Å². The summed E-state index contributed by atoms with van der Waals surface area (Å²) in [5.74, 6) is -2.78. The summed E-state index contributed by atoms with van der Waals surface area (Å²) in [6.45, 7) is 1.19. The van der Waals surface area contributed by atoms with E-state index in [9.17, 15) is 23.5 Å². The highest BCUT2D eigenvalue weighted by atomic mass is 19.1. The van der Waals surface area contributed by atoms with Crippen LogP contribution in [0.2, 0.25) is 0 Å². The highest BCUT2D eigenvalue weighted by Gasteiger charge is 2.39. The van der Waals surface area contributed by atoms with Crippen molar-refractivity contribution in [1.29, 1.82) is 0 Å². The number of aryl methyl sites for hydroxylation is 1. The molecule has 1 aromatic rings. The molecule has 8 heteroatoms. The van der Waals surface area contributed by atoms with Gasteiger partial charge in [-0.2, -0.15) is 0 Å². The van der Waals surface area contributed by atoms with Crippen molar-refractivity contribution < 1.29 is 28.6 Å². The zero-order valence-corrected chi connectivity index (χ0v) is 11.1. The number of hydrogen-bond donors (Lipinski definition) is 3. The van der Waals surface area contributed by atoms with E-state index in [0.29, 0.717) is 0 Å². The molecule has 1 heterocycles. The molecule has 0 spiro atoms. The maximum Gasteiger partial charge on any atom is 0.326 e. The number of nitrogens with one attached hydrogen (secondary N) is 1. The van der Waals surface area contributed by atoms with Crippen molar-refractivity contribution in [3.05, 3.63) is 29.3 Å². The Morgan fingerprint density at radius 3 is 2.62 bits per heavy atom. The Hall–Kier alpha value is -2.22. The number of amides is 2. The van der Waals surface area contributed by atoms with Crippen LogP contribution in [-0.2, 0) is 4.79 Å². The van der Waals surface area contributed by atoms with Crippen molar-refractivity contribution >= 4 is 17.7 Å². The number of carboxylic acids is 1. The molecule has 2 amide bonds. The first-order chi connectivity index (χ1) is 9.79. The minimum atomic E-state index is -1.27. The molecule has 3 N–H and O–H groups in total. The van der Waals surface area contributed by atoms with Crippen molar-refractivity contribution in [2.24, 2.45) is 0 Å². The van der Waals surface area contributed by atoms with Gasteiger partial charge in [-0.3, -0.25) is 0 Å². The Balaban J connectivity index is 2.18. The highest BCUT2D eigenvalue weighted by molar-refractivity contribution is 5.93. The number of benzene rings is 1. The summed E-state index contributed by atoms with van der Waals surface area (Å²) >= 11 is 0. The fraction of sp³-hybridized carbons (Fsp3) is 0.385. The number of β-amino-alcohol motifs (C(OH)–C–C–N with tert-alkyl or cyclic N) is 1. The Morgan fingerprint density at radius 2 is 2.00 bits per heavy atom. The second kappa shape index (κ2) is 5.65. The molecule has 21 heavy (non-hydrogen) atoms. The van der Waals surface area contributed by atoms with E-state index in [0.717, 1.165) is 17.0 Å². The van der Waals surface area contributed by atoms with E-state index in [1.54, 1.807) is 0 Å². The Labute approximate surface area is 119 Å². The molecule has 1 aliphatic rings. The van der Waals surface area contributed by atoms with Gasteiger partial charge in [-0.05, 0) is 18.6 Å². The van der Waals surface area contributed by atoms with E-state index in [1.165, 1.54) is 6.92 Å². The summed E-state index contributed by atoms with van der Waals surface area (Å²) in [6.07, 6.45) is -1.07. The Bertz CT molecular complexity index is 594. The van der Waals surface area contributed by atoms with Gasteiger partial charge in [-0.25, -0.2) is 18.4 Å². The van der Waals surface area contributed by atoms with Crippen LogP contribution in [0.1, 0.15) is 12.0 Å². The molecule has 0 bridgehead atoms. The molecular formula is C13H14F2N2O4. The van der Waals surface area contributed by atoms with E-state index < -0.39 is 35.8 Å². The number of nitrogens with zero attached hydrogens (tertiary/aromatic N) is 1. The summed E-state index contributed by atoms with van der Waals surface area (Å²) < 4.78 is 27.0. The predicted molar refractivity (Wildman–Crippen MR) is 68.9 cm³/mol. The van der Waals surface area contributed by atoms with Crippen LogP contribution in [0.3, 0.4) is 0 Å². The minimum absolute atomic E-state index is 0.0884. The number of rotatable bonds is 2. The van der Waals surface area contributed by atoms with Crippen molar-refractivity contribution in [1.82, 2.24) is 4.90 Å². The highest BCUT2D eigenvalue weighted by Crippen LogP contribution is 2.22. The molecular weight excluding hydrogens is 286 g/mol. The molecule has 6 nitrogen and oxygen atoms in total. The fourth-order valence-corrected chi connectivity index (χ4v) is 2.20. The fourth-order valence-electron chi connectivity index (χ4n) is 2.20. The van der Waals surface area contributed by atoms with Crippen molar-refractivity contribution in [3.8, 4) is 0 Å². The Morgan fingerprint density at radius 1 is 1.33 bits per heavy atom. The second-order valence-corrected chi connectivity index (χ2v) is 4.91. The first kappa shape index (κ1) is 15.2. The van der Waals surface area contributed by atoms with Crippen LogP contribution in [-0.4, -0.2) is 45.8 Å². The topological polar surface area (TPSA) is 89.9 Å². The van der Waals surface area contributed by atoms with Crippen LogP contribution in [0.25, 0.3) is 0 Å². The smallest absolute Gasteiger partial charge is 0.326 e. The SMILES string of the molecule is Cc1cc(F)c(NC(=O)N2C[C@@H](O)C[C@H]2C(=O)O)cc1F. The quantitative estimate of drug-likeness (QED) is 0.768. The number of likely N-dealkylation sites (tertiary alicyclic amines) is 1. The standard InChI is InChI=1S/C13H14F2N2O4/c1-6-2-9(15)10(4-8(6)14)16-13(21)17-5-7(18)3-11(17)12(19)20/h2,4,7,11,18H,3,5H2,1H3,(H,16,21)(H,19,20)/t7-,11-/m0/s1. The minimum Gasteiger partial charge on any atom is -0.480 e. The van der Waals surface area contributed by atoms with E-state index in [2.05, 4.69) is 5.32 Å². The maximum absolute atomic E-state index is 13.6. The summed E-state index contributed by atoms with van der Waals surface area (Å²) in [5, 5.41) is 20.6. The summed E-state index contributed by atoms with van der Waals surface area (Å²) in [7, 11) is 0. The van der Waals surface area contributed by atoms with Gasteiger partial charge in [0.1, 0.15) is 17.7 Å².